The number of ether oxygens (including phenoxy) is 2. The molecular weight excluding hydrogens is 264 g/mol. The van der Waals surface area contributed by atoms with Gasteiger partial charge in [-0.1, -0.05) is 44.2 Å². The van der Waals surface area contributed by atoms with Gasteiger partial charge in [-0.2, -0.15) is 0 Å². The van der Waals surface area contributed by atoms with Gasteiger partial charge in [-0.25, -0.2) is 0 Å². The molecule has 0 N–H and O–H groups in total. The van der Waals surface area contributed by atoms with E-state index in [0.29, 0.717) is 29.5 Å². The number of ketones is 1. The standard InChI is InChI=1S/C18H22O3/c1-9-16(20-3)10(2)18-14-12(13(14)17(9)21-18)15(19)11-7-5-4-6-8-11/h4-10,12-14,16-18H,1-3H3/t9-,10+,12?,13-,14+,16?,17+,18-. The summed E-state index contributed by atoms with van der Waals surface area (Å²) < 4.78 is 11.9. The molecule has 2 saturated heterocycles. The topological polar surface area (TPSA) is 35.5 Å². The third-order valence-corrected chi connectivity index (χ3v) is 5.91. The molecule has 3 heteroatoms. The van der Waals surface area contributed by atoms with Crippen molar-refractivity contribution in [2.75, 3.05) is 7.11 Å². The molecule has 3 aliphatic rings. The van der Waals surface area contributed by atoms with Crippen LogP contribution >= 0.6 is 0 Å². The van der Waals surface area contributed by atoms with Crippen LogP contribution in [-0.4, -0.2) is 31.2 Å². The van der Waals surface area contributed by atoms with Gasteiger partial charge >= 0.3 is 0 Å². The first-order valence-electron chi connectivity index (χ1n) is 7.92. The highest BCUT2D eigenvalue weighted by atomic mass is 16.5. The summed E-state index contributed by atoms with van der Waals surface area (Å²) in [4.78, 5) is 12.7. The molecule has 2 bridgehead atoms. The quantitative estimate of drug-likeness (QED) is 0.802. The van der Waals surface area contributed by atoms with Crippen LogP contribution in [0.15, 0.2) is 30.3 Å². The fourth-order valence-electron chi connectivity index (χ4n) is 4.94. The molecule has 4 rings (SSSR count). The lowest BCUT2D eigenvalue weighted by Crippen LogP contribution is -2.48. The van der Waals surface area contributed by atoms with Gasteiger partial charge in [-0.15, -0.1) is 0 Å². The van der Waals surface area contributed by atoms with E-state index in [1.165, 1.54) is 0 Å². The highest BCUT2D eigenvalue weighted by Gasteiger charge is 2.71. The summed E-state index contributed by atoms with van der Waals surface area (Å²) in [6, 6.07) is 9.69. The first-order chi connectivity index (χ1) is 10.1. The molecule has 0 spiro atoms. The van der Waals surface area contributed by atoms with Crippen LogP contribution in [0.3, 0.4) is 0 Å². The molecule has 1 saturated carbocycles. The van der Waals surface area contributed by atoms with E-state index in [0.717, 1.165) is 5.56 Å². The normalized spacial score (nSPS) is 47.0. The predicted octanol–water partition coefficient (Wildman–Crippen LogP) is 2.80. The van der Waals surface area contributed by atoms with Crippen LogP contribution in [0.2, 0.25) is 0 Å². The van der Waals surface area contributed by atoms with Crippen molar-refractivity contribution in [3.8, 4) is 0 Å². The number of carbonyl (C=O) groups is 1. The van der Waals surface area contributed by atoms with Gasteiger partial charge in [-0.3, -0.25) is 4.79 Å². The molecule has 3 nitrogen and oxygen atoms in total. The van der Waals surface area contributed by atoms with Gasteiger partial charge < -0.3 is 9.47 Å². The Kier molecular flexibility index (Phi) is 2.98. The molecule has 0 amide bonds. The highest BCUT2D eigenvalue weighted by molar-refractivity contribution is 6.00. The van der Waals surface area contributed by atoms with Crippen LogP contribution in [0.25, 0.3) is 0 Å². The van der Waals surface area contributed by atoms with Gasteiger partial charge in [0.15, 0.2) is 5.78 Å². The van der Waals surface area contributed by atoms with E-state index in [1.807, 2.05) is 30.3 Å². The van der Waals surface area contributed by atoms with E-state index in [1.54, 1.807) is 7.11 Å². The van der Waals surface area contributed by atoms with E-state index in [-0.39, 0.29) is 24.2 Å². The Morgan fingerprint density at radius 2 is 1.62 bits per heavy atom. The van der Waals surface area contributed by atoms with Crippen molar-refractivity contribution in [2.45, 2.75) is 32.2 Å². The molecule has 1 aliphatic carbocycles. The van der Waals surface area contributed by atoms with E-state index in [9.17, 15) is 4.79 Å². The number of methoxy groups -OCH3 is 1. The minimum absolute atomic E-state index is 0.166. The van der Waals surface area contributed by atoms with Gasteiger partial charge in [0.2, 0.25) is 0 Å². The number of Topliss-reactive ketones (excluding diaryl/α,β-unsaturated/α-hetero) is 1. The molecule has 1 aromatic rings. The molecule has 0 aromatic heterocycles. The van der Waals surface area contributed by atoms with Crippen molar-refractivity contribution in [3.05, 3.63) is 35.9 Å². The van der Waals surface area contributed by atoms with Gasteiger partial charge in [0.25, 0.3) is 0 Å². The Bertz CT molecular complexity index is 533. The van der Waals surface area contributed by atoms with Crippen LogP contribution in [0.1, 0.15) is 24.2 Å². The summed E-state index contributed by atoms with van der Waals surface area (Å²) in [6.07, 6.45) is 0.645. The van der Waals surface area contributed by atoms with E-state index in [2.05, 4.69) is 13.8 Å². The number of hydrogen-bond acceptors (Lipinski definition) is 3. The Balaban J connectivity index is 1.59. The van der Waals surface area contributed by atoms with Gasteiger partial charge in [0.1, 0.15) is 0 Å². The second-order valence-electron chi connectivity index (χ2n) is 6.89. The summed E-state index contributed by atoms with van der Waals surface area (Å²) in [7, 11) is 1.79. The Morgan fingerprint density at radius 3 is 2.14 bits per heavy atom. The van der Waals surface area contributed by atoms with Crippen molar-refractivity contribution in [1.82, 2.24) is 0 Å². The number of carbonyl (C=O) groups excluding carboxylic acids is 1. The second-order valence-corrected chi connectivity index (χ2v) is 6.89. The smallest absolute Gasteiger partial charge is 0.166 e. The minimum atomic E-state index is 0.166. The van der Waals surface area contributed by atoms with Crippen LogP contribution in [0.4, 0.5) is 0 Å². The molecule has 0 radical (unpaired) electrons. The van der Waals surface area contributed by atoms with E-state index >= 15 is 0 Å². The summed E-state index contributed by atoms with van der Waals surface area (Å²) in [6.45, 7) is 4.41. The molecule has 2 unspecified atom stereocenters. The second kappa shape index (κ2) is 4.65. The van der Waals surface area contributed by atoms with Gasteiger partial charge in [0, 0.05) is 42.3 Å². The summed E-state index contributed by atoms with van der Waals surface area (Å²) in [5.74, 6) is 2.01. The third-order valence-electron chi connectivity index (χ3n) is 5.91. The number of rotatable bonds is 3. The number of fused-ring (bicyclic) bond motifs is 5. The number of benzene rings is 1. The minimum Gasteiger partial charge on any atom is -0.381 e. The lowest BCUT2D eigenvalue weighted by Gasteiger charge is -2.41. The molecular formula is C18H22O3. The van der Waals surface area contributed by atoms with Crippen molar-refractivity contribution >= 4 is 5.78 Å². The third kappa shape index (κ3) is 1.77. The van der Waals surface area contributed by atoms with Crippen molar-refractivity contribution < 1.29 is 14.3 Å². The Morgan fingerprint density at radius 1 is 1.05 bits per heavy atom. The first kappa shape index (κ1) is 13.5. The fourth-order valence-corrected chi connectivity index (χ4v) is 4.94. The zero-order chi connectivity index (χ0) is 14.7. The van der Waals surface area contributed by atoms with Crippen LogP contribution in [-0.2, 0) is 9.47 Å². The lowest BCUT2D eigenvalue weighted by molar-refractivity contribution is -0.158. The molecule has 112 valence electrons. The lowest BCUT2D eigenvalue weighted by atomic mass is 9.82. The highest BCUT2D eigenvalue weighted by Crippen LogP contribution is 2.65. The summed E-state index contributed by atoms with van der Waals surface area (Å²) in [5, 5.41) is 0. The van der Waals surface area contributed by atoms with Crippen molar-refractivity contribution in [2.24, 2.45) is 29.6 Å². The molecule has 3 fully saturated rings. The zero-order valence-electron chi connectivity index (χ0n) is 12.7. The molecule has 8 atom stereocenters. The maximum Gasteiger partial charge on any atom is 0.166 e. The molecule has 21 heavy (non-hydrogen) atoms. The van der Waals surface area contributed by atoms with Gasteiger partial charge in [-0.05, 0) is 0 Å². The Labute approximate surface area is 125 Å². The zero-order valence-corrected chi connectivity index (χ0v) is 12.7. The molecule has 2 heterocycles. The maximum absolute atomic E-state index is 12.7. The SMILES string of the molecule is COC1[C@@H](C)[C@@H]2O[C@@H]([C@H]3C(C(=O)c4ccccc4)[C@@H]23)[C@H]1C. The van der Waals surface area contributed by atoms with Crippen molar-refractivity contribution in [1.29, 1.82) is 0 Å². The average molecular weight is 286 g/mol. The maximum atomic E-state index is 12.7. The van der Waals surface area contributed by atoms with E-state index < -0.39 is 0 Å². The number of hydrogen-bond donors (Lipinski definition) is 0. The molecule has 2 aliphatic heterocycles. The monoisotopic (exact) mass is 286 g/mol. The van der Waals surface area contributed by atoms with Crippen LogP contribution in [0, 0.1) is 29.6 Å². The average Bonchev–Trinajstić information content (AvgIpc) is 3.13. The van der Waals surface area contributed by atoms with Crippen LogP contribution < -0.4 is 0 Å². The predicted molar refractivity (Wildman–Crippen MR) is 79.0 cm³/mol. The largest absolute Gasteiger partial charge is 0.381 e. The summed E-state index contributed by atoms with van der Waals surface area (Å²) >= 11 is 0. The van der Waals surface area contributed by atoms with Crippen LogP contribution in [0.5, 0.6) is 0 Å². The van der Waals surface area contributed by atoms with Crippen molar-refractivity contribution in [3.63, 3.8) is 0 Å². The van der Waals surface area contributed by atoms with Gasteiger partial charge in [0.05, 0.1) is 18.3 Å². The van der Waals surface area contributed by atoms with E-state index in [4.69, 9.17) is 9.47 Å². The Hall–Kier alpha value is -1.19. The first-order valence-corrected chi connectivity index (χ1v) is 7.92. The fraction of sp³-hybridized carbons (Fsp3) is 0.611. The summed E-state index contributed by atoms with van der Waals surface area (Å²) in [5.41, 5.74) is 0.846. The molecule has 1 aromatic carbocycles.